The predicted molar refractivity (Wildman–Crippen MR) is 89.8 cm³/mol. The van der Waals surface area contributed by atoms with Gasteiger partial charge in [-0.2, -0.15) is 0 Å². The number of unbranched alkanes of at least 4 members (excludes halogenated alkanes) is 2. The van der Waals surface area contributed by atoms with Crippen LogP contribution < -0.4 is 0 Å². The summed E-state index contributed by atoms with van der Waals surface area (Å²) in [5.74, 6) is 2.75. The molecular weight excluding hydrogens is 240 g/mol. The minimum absolute atomic E-state index is 0.828. The first kappa shape index (κ1) is 15.9. The zero-order valence-corrected chi connectivity index (χ0v) is 13.7. The lowest BCUT2D eigenvalue weighted by atomic mass is 9.75. The van der Waals surface area contributed by atoms with Gasteiger partial charge in [-0.15, -0.1) is 0 Å². The molecule has 0 nitrogen and oxygen atoms in total. The van der Waals surface area contributed by atoms with E-state index in [0.29, 0.717) is 0 Å². The topological polar surface area (TPSA) is 0 Å². The molecule has 0 heteroatoms. The first-order valence-electron chi connectivity index (χ1n) is 9.21. The molecule has 0 spiro atoms. The molecule has 2 aliphatic rings. The van der Waals surface area contributed by atoms with Gasteiger partial charge in [0, 0.05) is 0 Å². The zero-order valence-electron chi connectivity index (χ0n) is 13.7. The molecule has 0 bridgehead atoms. The average molecular weight is 274 g/mol. The highest BCUT2D eigenvalue weighted by Crippen LogP contribution is 2.37. The highest BCUT2D eigenvalue weighted by atomic mass is 14.3. The molecule has 0 radical (unpaired) electrons. The first-order valence-corrected chi connectivity index (χ1v) is 9.21. The second kappa shape index (κ2) is 8.70. The van der Waals surface area contributed by atoms with Crippen LogP contribution in [0.15, 0.2) is 23.8 Å². The van der Waals surface area contributed by atoms with Crippen LogP contribution in [0.3, 0.4) is 0 Å². The monoisotopic (exact) mass is 274 g/mol. The third-order valence-electron chi connectivity index (χ3n) is 5.41. The third kappa shape index (κ3) is 4.79. The molecule has 0 N–H and O–H groups in total. The van der Waals surface area contributed by atoms with Crippen LogP contribution in [-0.4, -0.2) is 0 Å². The highest BCUT2D eigenvalue weighted by Gasteiger charge is 2.23. The molecule has 1 saturated carbocycles. The van der Waals surface area contributed by atoms with E-state index in [1.54, 1.807) is 5.57 Å². The van der Waals surface area contributed by atoms with Crippen LogP contribution in [0.1, 0.15) is 84.5 Å². The Hall–Kier alpha value is -0.520. The standard InChI is InChI=1S/C20H34/c1-3-5-6-8-18-11-15-20(16-12-18)19-13-9-17(7-4-2)10-14-19/h9,13-14,17-18,20H,3-8,10-12,15-16H2,1-2H3. The summed E-state index contributed by atoms with van der Waals surface area (Å²) in [6, 6.07) is 0. The maximum absolute atomic E-state index is 2.56. The largest absolute Gasteiger partial charge is 0.0808 e. The van der Waals surface area contributed by atoms with Crippen LogP contribution in [-0.2, 0) is 0 Å². The van der Waals surface area contributed by atoms with Gasteiger partial charge in [-0.05, 0) is 61.9 Å². The minimum Gasteiger partial charge on any atom is -0.0808 e. The molecule has 1 unspecified atom stereocenters. The van der Waals surface area contributed by atoms with Crippen molar-refractivity contribution in [3.8, 4) is 0 Å². The van der Waals surface area contributed by atoms with E-state index in [1.165, 1.54) is 70.6 Å². The molecule has 1 atom stereocenters. The predicted octanol–water partition coefficient (Wildman–Crippen LogP) is 6.68. The Kier molecular flexibility index (Phi) is 6.90. The molecule has 114 valence electrons. The van der Waals surface area contributed by atoms with Gasteiger partial charge in [-0.3, -0.25) is 0 Å². The summed E-state index contributed by atoms with van der Waals surface area (Å²) in [5, 5.41) is 0. The van der Waals surface area contributed by atoms with Crippen LogP contribution in [0.25, 0.3) is 0 Å². The minimum atomic E-state index is 0.828. The van der Waals surface area contributed by atoms with Crippen molar-refractivity contribution in [2.75, 3.05) is 0 Å². The van der Waals surface area contributed by atoms with Gasteiger partial charge < -0.3 is 0 Å². The van der Waals surface area contributed by atoms with Crippen molar-refractivity contribution in [1.29, 1.82) is 0 Å². The molecule has 0 aliphatic heterocycles. The molecule has 20 heavy (non-hydrogen) atoms. The summed E-state index contributed by atoms with van der Waals surface area (Å²) in [4.78, 5) is 0. The Morgan fingerprint density at radius 2 is 1.75 bits per heavy atom. The van der Waals surface area contributed by atoms with E-state index in [4.69, 9.17) is 0 Å². The van der Waals surface area contributed by atoms with Crippen LogP contribution in [0.4, 0.5) is 0 Å². The number of hydrogen-bond donors (Lipinski definition) is 0. The Bertz CT molecular complexity index is 315. The van der Waals surface area contributed by atoms with E-state index in [-0.39, 0.29) is 0 Å². The van der Waals surface area contributed by atoms with Crippen molar-refractivity contribution < 1.29 is 0 Å². The van der Waals surface area contributed by atoms with E-state index in [1.807, 2.05) is 0 Å². The SMILES string of the molecule is CCCCCC1CCC(C2=CCC(CCC)C=C2)CC1. The second-order valence-electron chi connectivity index (χ2n) is 7.06. The molecule has 0 amide bonds. The fraction of sp³-hybridized carbons (Fsp3) is 0.800. The maximum Gasteiger partial charge on any atom is -0.0165 e. The fourth-order valence-corrected chi connectivity index (χ4v) is 4.04. The van der Waals surface area contributed by atoms with Gasteiger partial charge in [0.15, 0.2) is 0 Å². The Balaban J connectivity index is 1.70. The summed E-state index contributed by atoms with van der Waals surface area (Å²) < 4.78 is 0. The van der Waals surface area contributed by atoms with Crippen molar-refractivity contribution >= 4 is 0 Å². The summed E-state index contributed by atoms with van der Waals surface area (Å²) >= 11 is 0. The average Bonchev–Trinajstić information content (AvgIpc) is 2.49. The summed E-state index contributed by atoms with van der Waals surface area (Å²) in [7, 11) is 0. The lowest BCUT2D eigenvalue weighted by Crippen LogP contribution is -2.17. The van der Waals surface area contributed by atoms with Gasteiger partial charge in [-0.25, -0.2) is 0 Å². The number of allylic oxidation sites excluding steroid dienone is 4. The van der Waals surface area contributed by atoms with Crippen LogP contribution in [0.2, 0.25) is 0 Å². The van der Waals surface area contributed by atoms with E-state index in [0.717, 1.165) is 17.8 Å². The van der Waals surface area contributed by atoms with Crippen LogP contribution >= 0.6 is 0 Å². The number of hydrogen-bond acceptors (Lipinski definition) is 0. The molecule has 2 aliphatic carbocycles. The molecule has 1 fully saturated rings. The third-order valence-corrected chi connectivity index (χ3v) is 5.41. The molecule has 0 aromatic carbocycles. The fourth-order valence-electron chi connectivity index (χ4n) is 4.04. The molecule has 2 rings (SSSR count). The van der Waals surface area contributed by atoms with Crippen LogP contribution in [0.5, 0.6) is 0 Å². The summed E-state index contributed by atoms with van der Waals surface area (Å²) in [6.07, 6.45) is 23.1. The highest BCUT2D eigenvalue weighted by molar-refractivity contribution is 5.26. The summed E-state index contributed by atoms with van der Waals surface area (Å²) in [5.41, 5.74) is 1.67. The molecule has 0 aromatic rings. The normalized spacial score (nSPS) is 30.3. The van der Waals surface area contributed by atoms with Gasteiger partial charge in [0.25, 0.3) is 0 Å². The molecular formula is C20H34. The van der Waals surface area contributed by atoms with E-state index in [2.05, 4.69) is 32.1 Å². The molecule has 0 aromatic heterocycles. The molecule has 0 saturated heterocycles. The second-order valence-corrected chi connectivity index (χ2v) is 7.06. The van der Waals surface area contributed by atoms with Gasteiger partial charge in [0.1, 0.15) is 0 Å². The van der Waals surface area contributed by atoms with Crippen molar-refractivity contribution in [2.24, 2.45) is 17.8 Å². The Morgan fingerprint density at radius 1 is 0.950 bits per heavy atom. The molecule has 0 heterocycles. The smallest absolute Gasteiger partial charge is 0.0165 e. The zero-order chi connectivity index (χ0) is 14.2. The van der Waals surface area contributed by atoms with Crippen molar-refractivity contribution in [2.45, 2.75) is 84.5 Å². The Morgan fingerprint density at radius 3 is 2.35 bits per heavy atom. The van der Waals surface area contributed by atoms with Gasteiger partial charge in [0.05, 0.1) is 0 Å². The lowest BCUT2D eigenvalue weighted by molar-refractivity contribution is 0.283. The van der Waals surface area contributed by atoms with E-state index < -0.39 is 0 Å². The van der Waals surface area contributed by atoms with E-state index in [9.17, 15) is 0 Å². The van der Waals surface area contributed by atoms with Crippen molar-refractivity contribution in [1.82, 2.24) is 0 Å². The summed E-state index contributed by atoms with van der Waals surface area (Å²) in [6.45, 7) is 4.61. The van der Waals surface area contributed by atoms with Crippen molar-refractivity contribution in [3.05, 3.63) is 23.8 Å². The van der Waals surface area contributed by atoms with Gasteiger partial charge in [0.2, 0.25) is 0 Å². The first-order chi connectivity index (χ1) is 9.83. The maximum atomic E-state index is 2.56. The van der Waals surface area contributed by atoms with Gasteiger partial charge >= 0.3 is 0 Å². The Labute approximate surface area is 126 Å². The lowest BCUT2D eigenvalue weighted by Gasteiger charge is -2.30. The van der Waals surface area contributed by atoms with E-state index >= 15 is 0 Å². The number of rotatable bonds is 7. The van der Waals surface area contributed by atoms with Gasteiger partial charge in [-0.1, -0.05) is 64.2 Å². The van der Waals surface area contributed by atoms with Crippen molar-refractivity contribution in [3.63, 3.8) is 0 Å². The quantitative estimate of drug-likeness (QED) is 0.454. The van der Waals surface area contributed by atoms with Crippen LogP contribution in [0, 0.1) is 17.8 Å².